The first kappa shape index (κ1) is 6.47. The predicted octanol–water partition coefficient (Wildman–Crippen LogP) is 1.95. The first-order chi connectivity index (χ1) is 5.33. The van der Waals surface area contributed by atoms with E-state index in [1.54, 1.807) is 0 Å². The van der Waals surface area contributed by atoms with Crippen LogP contribution in [-0.2, 0) is 0 Å². The third-order valence-electron chi connectivity index (χ3n) is 4.65. The van der Waals surface area contributed by atoms with E-state index in [0.29, 0.717) is 11.3 Å². The highest BCUT2D eigenvalue weighted by atomic mass is 16.3. The second-order valence-electron chi connectivity index (χ2n) is 4.77. The molecule has 0 aromatic carbocycles. The molecular weight excluding hydrogens is 136 g/mol. The van der Waals surface area contributed by atoms with Gasteiger partial charge in [-0.1, -0.05) is 6.42 Å². The molecule has 62 valence electrons. The van der Waals surface area contributed by atoms with Crippen LogP contribution in [0.1, 0.15) is 38.5 Å². The second kappa shape index (κ2) is 1.82. The van der Waals surface area contributed by atoms with Crippen LogP contribution in [0.3, 0.4) is 0 Å². The molecule has 3 fully saturated rings. The summed E-state index contributed by atoms with van der Waals surface area (Å²) in [5, 5.41) is 9.72. The molecule has 3 aliphatic carbocycles. The van der Waals surface area contributed by atoms with Crippen molar-refractivity contribution >= 4 is 0 Å². The summed E-state index contributed by atoms with van der Waals surface area (Å²) in [6, 6.07) is 0. The quantitative estimate of drug-likeness (QED) is 0.562. The Morgan fingerprint density at radius 1 is 1.18 bits per heavy atom. The van der Waals surface area contributed by atoms with Crippen molar-refractivity contribution in [2.45, 2.75) is 44.6 Å². The van der Waals surface area contributed by atoms with E-state index in [4.69, 9.17) is 0 Å². The normalized spacial score (nSPS) is 51.5. The maximum absolute atomic E-state index is 9.72. The van der Waals surface area contributed by atoms with Crippen LogP contribution in [0.25, 0.3) is 0 Å². The molecule has 1 nitrogen and oxygen atoms in total. The van der Waals surface area contributed by atoms with Crippen molar-refractivity contribution < 1.29 is 5.11 Å². The second-order valence-corrected chi connectivity index (χ2v) is 4.77. The molecule has 11 heavy (non-hydrogen) atoms. The monoisotopic (exact) mass is 152 g/mol. The lowest BCUT2D eigenvalue weighted by atomic mass is 9.62. The molecule has 0 unspecified atom stereocenters. The predicted molar refractivity (Wildman–Crippen MR) is 43.1 cm³/mol. The number of rotatable bonds is 0. The van der Waals surface area contributed by atoms with Crippen molar-refractivity contribution in [3.63, 3.8) is 0 Å². The fourth-order valence-corrected chi connectivity index (χ4v) is 4.01. The van der Waals surface area contributed by atoms with E-state index < -0.39 is 0 Å². The lowest BCUT2D eigenvalue weighted by molar-refractivity contribution is 0.0325. The summed E-state index contributed by atoms with van der Waals surface area (Å²) < 4.78 is 0. The largest absolute Gasteiger partial charge is 0.393 e. The third-order valence-corrected chi connectivity index (χ3v) is 4.65. The number of hydrogen-bond acceptors (Lipinski definition) is 1. The van der Waals surface area contributed by atoms with Gasteiger partial charge in [-0.3, -0.25) is 0 Å². The van der Waals surface area contributed by atoms with Gasteiger partial charge in [-0.25, -0.2) is 0 Å². The summed E-state index contributed by atoms with van der Waals surface area (Å²) >= 11 is 0. The van der Waals surface area contributed by atoms with Crippen molar-refractivity contribution in [3.05, 3.63) is 0 Å². The molecule has 1 spiro atoms. The Kier molecular flexibility index (Phi) is 1.07. The molecule has 0 amide bonds. The van der Waals surface area contributed by atoms with Gasteiger partial charge >= 0.3 is 0 Å². The molecule has 1 heteroatoms. The highest BCUT2D eigenvalue weighted by molar-refractivity contribution is 5.10. The van der Waals surface area contributed by atoms with Gasteiger partial charge in [-0.15, -0.1) is 0 Å². The highest BCUT2D eigenvalue weighted by Gasteiger charge is 2.60. The van der Waals surface area contributed by atoms with Crippen molar-refractivity contribution in [2.75, 3.05) is 0 Å². The lowest BCUT2D eigenvalue weighted by Crippen LogP contribution is -2.35. The van der Waals surface area contributed by atoms with E-state index in [1.807, 2.05) is 0 Å². The van der Waals surface area contributed by atoms with Gasteiger partial charge in [0, 0.05) is 0 Å². The molecule has 0 aliphatic heterocycles. The van der Waals surface area contributed by atoms with Crippen molar-refractivity contribution in [2.24, 2.45) is 17.3 Å². The average molecular weight is 152 g/mol. The summed E-state index contributed by atoms with van der Waals surface area (Å²) in [5.74, 6) is 1.62. The van der Waals surface area contributed by atoms with Crippen molar-refractivity contribution in [3.8, 4) is 0 Å². The van der Waals surface area contributed by atoms with Gasteiger partial charge in [-0.05, 0) is 49.4 Å². The molecular formula is C10H16O. The topological polar surface area (TPSA) is 20.2 Å². The molecule has 2 bridgehead atoms. The van der Waals surface area contributed by atoms with E-state index in [1.165, 1.54) is 32.1 Å². The van der Waals surface area contributed by atoms with Gasteiger partial charge in [0.05, 0.1) is 6.10 Å². The van der Waals surface area contributed by atoms with Gasteiger partial charge in [0.15, 0.2) is 0 Å². The Morgan fingerprint density at radius 2 is 2.00 bits per heavy atom. The van der Waals surface area contributed by atoms with Crippen molar-refractivity contribution in [1.82, 2.24) is 0 Å². The molecule has 0 saturated heterocycles. The Bertz CT molecular complexity index is 183. The molecule has 3 saturated carbocycles. The van der Waals surface area contributed by atoms with Gasteiger partial charge in [0.2, 0.25) is 0 Å². The first-order valence-electron chi connectivity index (χ1n) is 5.01. The highest BCUT2D eigenvalue weighted by Crippen LogP contribution is 2.66. The van der Waals surface area contributed by atoms with Crippen LogP contribution >= 0.6 is 0 Å². The first-order valence-corrected chi connectivity index (χ1v) is 5.01. The average Bonchev–Trinajstić information content (AvgIpc) is 2.36. The molecule has 3 rings (SSSR count). The summed E-state index contributed by atoms with van der Waals surface area (Å²) in [5.41, 5.74) is 0.666. The maximum Gasteiger partial charge on any atom is 0.0576 e. The minimum atomic E-state index is 0.0778. The number of hydrogen-bond donors (Lipinski definition) is 1. The van der Waals surface area contributed by atoms with E-state index in [9.17, 15) is 5.11 Å². The number of aliphatic hydroxyl groups excluding tert-OH is 1. The van der Waals surface area contributed by atoms with Crippen LogP contribution < -0.4 is 0 Å². The Balaban J connectivity index is 1.95. The van der Waals surface area contributed by atoms with E-state index >= 15 is 0 Å². The third kappa shape index (κ3) is 0.581. The summed E-state index contributed by atoms with van der Waals surface area (Å²) in [6.07, 6.45) is 8.24. The molecule has 3 atom stereocenters. The lowest BCUT2D eigenvalue weighted by Gasteiger charge is -2.43. The summed E-state index contributed by atoms with van der Waals surface area (Å²) in [6.45, 7) is 0. The molecule has 0 radical (unpaired) electrons. The Morgan fingerprint density at radius 3 is 2.27 bits per heavy atom. The molecule has 0 aromatic heterocycles. The van der Waals surface area contributed by atoms with E-state index in [2.05, 4.69) is 0 Å². The molecule has 0 heterocycles. The van der Waals surface area contributed by atoms with Gasteiger partial charge < -0.3 is 5.11 Å². The van der Waals surface area contributed by atoms with Gasteiger partial charge in [-0.2, -0.15) is 0 Å². The van der Waals surface area contributed by atoms with Gasteiger partial charge in [0.25, 0.3) is 0 Å². The smallest absolute Gasteiger partial charge is 0.0576 e. The minimum absolute atomic E-state index is 0.0778. The van der Waals surface area contributed by atoms with Crippen LogP contribution in [-0.4, -0.2) is 11.2 Å². The summed E-state index contributed by atoms with van der Waals surface area (Å²) in [7, 11) is 0. The zero-order chi connectivity index (χ0) is 7.47. The zero-order valence-electron chi connectivity index (χ0n) is 6.92. The van der Waals surface area contributed by atoms with Crippen LogP contribution in [0.4, 0.5) is 0 Å². The van der Waals surface area contributed by atoms with Crippen LogP contribution in [0.2, 0.25) is 0 Å². The van der Waals surface area contributed by atoms with Crippen LogP contribution in [0.5, 0.6) is 0 Å². The van der Waals surface area contributed by atoms with E-state index in [0.717, 1.165) is 12.3 Å². The number of aliphatic hydroxyl groups is 1. The Labute approximate surface area is 67.8 Å². The SMILES string of the molecule is O[C@@H]1C[C@@H]2CC[C@H]1C21CCC1. The van der Waals surface area contributed by atoms with Crippen LogP contribution in [0.15, 0.2) is 0 Å². The van der Waals surface area contributed by atoms with Crippen LogP contribution in [0, 0.1) is 17.3 Å². The fraction of sp³-hybridized carbons (Fsp3) is 1.00. The summed E-state index contributed by atoms with van der Waals surface area (Å²) in [4.78, 5) is 0. The molecule has 0 aromatic rings. The molecule has 3 aliphatic rings. The Hall–Kier alpha value is -0.0400. The maximum atomic E-state index is 9.72. The zero-order valence-corrected chi connectivity index (χ0v) is 6.92. The van der Waals surface area contributed by atoms with Crippen molar-refractivity contribution in [1.29, 1.82) is 0 Å². The molecule has 1 N–H and O–H groups in total. The standard InChI is InChI=1S/C10H16O/c11-9-6-7-2-3-8(9)10(7)4-1-5-10/h7-9,11H,1-6H2/t7-,8+,9+/m0/s1. The fourth-order valence-electron chi connectivity index (χ4n) is 4.01. The van der Waals surface area contributed by atoms with Gasteiger partial charge in [0.1, 0.15) is 0 Å². The minimum Gasteiger partial charge on any atom is -0.393 e. The van der Waals surface area contributed by atoms with E-state index in [-0.39, 0.29) is 6.10 Å².